The first-order valence-electron chi connectivity index (χ1n) is 6.79. The van der Waals surface area contributed by atoms with E-state index < -0.39 is 9.84 Å². The Morgan fingerprint density at radius 3 is 2.24 bits per heavy atom. The fourth-order valence-electron chi connectivity index (χ4n) is 2.25. The Morgan fingerprint density at radius 1 is 1.08 bits per heavy atom. The number of nitrogens with two attached hydrogens (primary N) is 2. The lowest BCUT2D eigenvalue weighted by Crippen LogP contribution is -2.03. The molecular weight excluding hydrogens is 387 g/mol. The van der Waals surface area contributed by atoms with Crippen LogP contribution in [0.4, 0.5) is 11.9 Å². The van der Waals surface area contributed by atoms with Crippen LogP contribution < -0.4 is 11.5 Å². The van der Waals surface area contributed by atoms with E-state index in [9.17, 15) is 8.42 Å². The van der Waals surface area contributed by atoms with Gasteiger partial charge >= 0.3 is 0 Å². The SMILES string of the molecule is CS(=O)(=O)c1cncc(-c2c(Cl)cc(-n3nc(N)nc3N)cc2Cl)c1. The fourth-order valence-corrected chi connectivity index (χ4v) is 3.53. The molecule has 1 aromatic carbocycles. The first-order valence-corrected chi connectivity index (χ1v) is 9.44. The van der Waals surface area contributed by atoms with Gasteiger partial charge in [0.2, 0.25) is 11.9 Å². The Morgan fingerprint density at radius 2 is 1.72 bits per heavy atom. The van der Waals surface area contributed by atoms with Crippen LogP contribution in [0.1, 0.15) is 0 Å². The van der Waals surface area contributed by atoms with Gasteiger partial charge in [-0.1, -0.05) is 23.2 Å². The Hall–Kier alpha value is -2.36. The second kappa shape index (κ2) is 6.17. The number of nitrogens with zero attached hydrogens (tertiary/aromatic N) is 4. The summed E-state index contributed by atoms with van der Waals surface area (Å²) in [6.07, 6.45) is 3.83. The van der Waals surface area contributed by atoms with Crippen LogP contribution in [-0.4, -0.2) is 34.4 Å². The van der Waals surface area contributed by atoms with Crippen molar-refractivity contribution < 1.29 is 8.42 Å². The minimum Gasteiger partial charge on any atom is -0.368 e. The van der Waals surface area contributed by atoms with E-state index in [4.69, 9.17) is 34.7 Å². The highest BCUT2D eigenvalue weighted by molar-refractivity contribution is 7.90. The Labute approximate surface area is 153 Å². The zero-order valence-electron chi connectivity index (χ0n) is 12.8. The number of nitrogen functional groups attached to an aromatic ring is 2. The molecule has 0 radical (unpaired) electrons. The van der Waals surface area contributed by atoms with Crippen molar-refractivity contribution >= 4 is 44.9 Å². The highest BCUT2D eigenvalue weighted by Gasteiger charge is 2.16. The number of aromatic nitrogens is 4. The van der Waals surface area contributed by atoms with Crippen molar-refractivity contribution in [1.29, 1.82) is 0 Å². The molecule has 0 amide bonds. The smallest absolute Gasteiger partial charge is 0.241 e. The summed E-state index contributed by atoms with van der Waals surface area (Å²) in [7, 11) is -3.41. The van der Waals surface area contributed by atoms with Crippen LogP contribution in [0.2, 0.25) is 10.0 Å². The molecule has 0 aliphatic heterocycles. The quantitative estimate of drug-likeness (QED) is 0.691. The van der Waals surface area contributed by atoms with Gasteiger partial charge in [-0.05, 0) is 18.2 Å². The Kier molecular flexibility index (Phi) is 4.31. The molecule has 4 N–H and O–H groups in total. The third-order valence-corrected chi connectivity index (χ3v) is 5.03. The third kappa shape index (κ3) is 3.39. The molecule has 3 rings (SSSR count). The lowest BCUT2D eigenvalue weighted by molar-refractivity contribution is 0.601. The van der Waals surface area contributed by atoms with Gasteiger partial charge in [0.25, 0.3) is 0 Å². The minimum atomic E-state index is -3.41. The van der Waals surface area contributed by atoms with Crippen molar-refractivity contribution in [1.82, 2.24) is 19.7 Å². The summed E-state index contributed by atoms with van der Waals surface area (Å²) in [6.45, 7) is 0. The van der Waals surface area contributed by atoms with Gasteiger partial charge < -0.3 is 11.5 Å². The standard InChI is InChI=1S/C14H12Cl2N6O2S/c1-25(23,24)9-2-7(5-19-6-9)12-10(15)3-8(4-11(12)16)22-14(18)20-13(17)21-22/h2-6H,1H3,(H4,17,18,20,21). The van der Waals surface area contributed by atoms with Crippen molar-refractivity contribution in [3.05, 3.63) is 40.6 Å². The van der Waals surface area contributed by atoms with Gasteiger partial charge in [0.15, 0.2) is 9.84 Å². The lowest BCUT2D eigenvalue weighted by atomic mass is 10.1. The van der Waals surface area contributed by atoms with E-state index in [0.29, 0.717) is 16.8 Å². The topological polar surface area (TPSA) is 130 Å². The molecule has 11 heteroatoms. The summed E-state index contributed by atoms with van der Waals surface area (Å²) >= 11 is 12.7. The summed E-state index contributed by atoms with van der Waals surface area (Å²) < 4.78 is 24.7. The van der Waals surface area contributed by atoms with E-state index in [0.717, 1.165) is 6.26 Å². The second-order valence-electron chi connectivity index (χ2n) is 5.21. The van der Waals surface area contributed by atoms with Crippen LogP contribution in [0.3, 0.4) is 0 Å². The highest BCUT2D eigenvalue weighted by Crippen LogP contribution is 2.37. The average Bonchev–Trinajstić information content (AvgIpc) is 2.84. The summed E-state index contributed by atoms with van der Waals surface area (Å²) in [5.41, 5.74) is 12.6. The van der Waals surface area contributed by atoms with Crippen molar-refractivity contribution in [2.24, 2.45) is 0 Å². The molecule has 0 atom stereocenters. The van der Waals surface area contributed by atoms with Crippen LogP contribution in [0.5, 0.6) is 0 Å². The maximum absolute atomic E-state index is 11.7. The Balaban J connectivity index is 2.15. The fraction of sp³-hybridized carbons (Fsp3) is 0.0714. The number of halogens is 2. The molecule has 0 spiro atoms. The Bertz CT molecular complexity index is 1060. The van der Waals surface area contributed by atoms with Crippen molar-refractivity contribution in [3.63, 3.8) is 0 Å². The zero-order valence-corrected chi connectivity index (χ0v) is 15.1. The first kappa shape index (κ1) is 17.5. The van der Waals surface area contributed by atoms with Crippen molar-refractivity contribution in [3.8, 4) is 16.8 Å². The lowest BCUT2D eigenvalue weighted by Gasteiger charge is -2.11. The molecular formula is C14H12Cl2N6O2S. The summed E-state index contributed by atoms with van der Waals surface area (Å²) in [4.78, 5) is 7.82. The molecule has 130 valence electrons. The summed E-state index contributed by atoms with van der Waals surface area (Å²) in [5.74, 6) is 0.0944. The van der Waals surface area contributed by atoms with E-state index in [-0.39, 0.29) is 26.8 Å². The van der Waals surface area contributed by atoms with Gasteiger partial charge in [0.1, 0.15) is 0 Å². The number of benzene rings is 1. The molecule has 0 bridgehead atoms. The summed E-state index contributed by atoms with van der Waals surface area (Å²) in [6, 6.07) is 4.59. The zero-order chi connectivity index (χ0) is 18.4. The third-order valence-electron chi connectivity index (χ3n) is 3.35. The largest absolute Gasteiger partial charge is 0.368 e. The average molecular weight is 399 g/mol. The number of hydrogen-bond donors (Lipinski definition) is 2. The molecule has 8 nitrogen and oxygen atoms in total. The molecule has 0 unspecified atom stereocenters. The van der Waals surface area contributed by atoms with E-state index in [1.165, 1.54) is 23.1 Å². The van der Waals surface area contributed by atoms with E-state index in [1.54, 1.807) is 12.1 Å². The van der Waals surface area contributed by atoms with Gasteiger partial charge in [-0.3, -0.25) is 4.98 Å². The molecule has 0 fully saturated rings. The van der Waals surface area contributed by atoms with E-state index in [1.807, 2.05) is 0 Å². The maximum atomic E-state index is 11.7. The maximum Gasteiger partial charge on any atom is 0.241 e. The van der Waals surface area contributed by atoms with Gasteiger partial charge in [0, 0.05) is 29.8 Å². The van der Waals surface area contributed by atoms with E-state index >= 15 is 0 Å². The van der Waals surface area contributed by atoms with Crippen LogP contribution in [0.25, 0.3) is 16.8 Å². The molecule has 0 saturated carbocycles. The summed E-state index contributed by atoms with van der Waals surface area (Å²) in [5, 5.41) is 4.50. The second-order valence-corrected chi connectivity index (χ2v) is 8.04. The number of anilines is 2. The normalized spacial score (nSPS) is 11.6. The van der Waals surface area contributed by atoms with Gasteiger partial charge in [-0.25, -0.2) is 8.42 Å². The molecule has 2 heterocycles. The molecule has 0 aliphatic rings. The molecule has 0 saturated heterocycles. The van der Waals surface area contributed by atoms with Gasteiger partial charge in [-0.2, -0.15) is 9.67 Å². The molecule has 25 heavy (non-hydrogen) atoms. The monoisotopic (exact) mass is 398 g/mol. The van der Waals surface area contributed by atoms with Crippen LogP contribution in [-0.2, 0) is 9.84 Å². The first-order chi connectivity index (χ1) is 11.7. The predicted octanol–water partition coefficient (Wildman–Crippen LogP) is 2.20. The molecule has 3 aromatic rings. The predicted molar refractivity (Wildman–Crippen MR) is 96.5 cm³/mol. The molecule has 2 aromatic heterocycles. The molecule has 0 aliphatic carbocycles. The highest BCUT2D eigenvalue weighted by atomic mass is 35.5. The van der Waals surface area contributed by atoms with Crippen molar-refractivity contribution in [2.45, 2.75) is 4.90 Å². The number of pyridine rings is 1. The van der Waals surface area contributed by atoms with Crippen molar-refractivity contribution in [2.75, 3.05) is 17.7 Å². The van der Waals surface area contributed by atoms with Gasteiger partial charge in [-0.15, -0.1) is 5.10 Å². The number of hydrogen-bond acceptors (Lipinski definition) is 7. The minimum absolute atomic E-state index is 0.0128. The van der Waals surface area contributed by atoms with Gasteiger partial charge in [0.05, 0.1) is 20.6 Å². The van der Waals surface area contributed by atoms with E-state index in [2.05, 4.69) is 15.1 Å². The van der Waals surface area contributed by atoms with Crippen LogP contribution in [0.15, 0.2) is 35.5 Å². The number of rotatable bonds is 3. The van der Waals surface area contributed by atoms with Crippen LogP contribution in [0, 0.1) is 0 Å². The number of sulfone groups is 1. The van der Waals surface area contributed by atoms with Crippen LogP contribution >= 0.6 is 23.2 Å².